The minimum Gasteiger partial charge on any atom is -0.496 e. The van der Waals surface area contributed by atoms with Crippen LogP contribution in [-0.2, 0) is 19.5 Å². The number of hydrogen-bond acceptors (Lipinski definition) is 4. The van der Waals surface area contributed by atoms with Gasteiger partial charge in [0.15, 0.2) is 0 Å². The van der Waals surface area contributed by atoms with E-state index in [0.717, 1.165) is 31.7 Å². The first kappa shape index (κ1) is 14.3. The van der Waals surface area contributed by atoms with Crippen molar-refractivity contribution in [3.63, 3.8) is 0 Å². The molecule has 1 aromatic carbocycles. The summed E-state index contributed by atoms with van der Waals surface area (Å²) in [5.74, 6) is 0.931. The molecule has 0 aromatic heterocycles. The Hall–Kier alpha value is -1.10. The lowest BCUT2D eigenvalue weighted by atomic mass is 9.92. The second-order valence-electron chi connectivity index (χ2n) is 5.02. The highest BCUT2D eigenvalue weighted by molar-refractivity contribution is 5.44. The third-order valence-corrected chi connectivity index (χ3v) is 3.75. The zero-order chi connectivity index (χ0) is 13.7. The summed E-state index contributed by atoms with van der Waals surface area (Å²) in [6, 6.07) is 4.98. The Kier molecular flexibility index (Phi) is 5.19. The zero-order valence-electron chi connectivity index (χ0n) is 11.8. The van der Waals surface area contributed by atoms with Gasteiger partial charge in [0.05, 0.1) is 13.7 Å². The Morgan fingerprint density at radius 1 is 1.42 bits per heavy atom. The zero-order valence-corrected chi connectivity index (χ0v) is 11.8. The number of nitrogens with one attached hydrogen (secondary N) is 2. The number of rotatable bonds is 6. The van der Waals surface area contributed by atoms with Crippen LogP contribution in [0.25, 0.3) is 0 Å². The van der Waals surface area contributed by atoms with Crippen LogP contribution in [0.1, 0.15) is 30.0 Å². The summed E-state index contributed by atoms with van der Waals surface area (Å²) in [5, 5.41) is 15.6. The van der Waals surface area contributed by atoms with Crippen LogP contribution in [0.4, 0.5) is 0 Å². The van der Waals surface area contributed by atoms with Crippen LogP contribution in [0.2, 0.25) is 0 Å². The summed E-state index contributed by atoms with van der Waals surface area (Å²) < 4.78 is 5.46. The van der Waals surface area contributed by atoms with Crippen LogP contribution in [0.3, 0.4) is 0 Å². The molecule has 0 bridgehead atoms. The van der Waals surface area contributed by atoms with Crippen LogP contribution in [0, 0.1) is 0 Å². The molecule has 4 nitrogen and oxygen atoms in total. The molecule has 1 aliphatic heterocycles. The van der Waals surface area contributed by atoms with Crippen LogP contribution in [0.5, 0.6) is 5.75 Å². The minimum absolute atomic E-state index is 0.162. The van der Waals surface area contributed by atoms with Crippen LogP contribution in [-0.4, -0.2) is 31.4 Å². The summed E-state index contributed by atoms with van der Waals surface area (Å²) in [6.45, 7) is 4.65. The van der Waals surface area contributed by atoms with E-state index in [2.05, 4.69) is 29.7 Å². The lowest BCUT2D eigenvalue weighted by Crippen LogP contribution is -2.35. The average molecular weight is 264 g/mol. The number of aliphatic hydroxyl groups excluding tert-OH is 1. The lowest BCUT2D eigenvalue weighted by Gasteiger charge is -2.26. The summed E-state index contributed by atoms with van der Waals surface area (Å²) >= 11 is 0. The first-order valence-corrected chi connectivity index (χ1v) is 7.02. The maximum atomic E-state index is 8.83. The quantitative estimate of drug-likeness (QED) is 0.676. The highest BCUT2D eigenvalue weighted by Crippen LogP contribution is 2.27. The lowest BCUT2D eigenvalue weighted by molar-refractivity contribution is 0.291. The number of fused-ring (bicyclic) bond motifs is 1. The molecule has 0 saturated heterocycles. The Balaban J connectivity index is 2.18. The van der Waals surface area contributed by atoms with Gasteiger partial charge in [-0.25, -0.2) is 0 Å². The van der Waals surface area contributed by atoms with Gasteiger partial charge >= 0.3 is 0 Å². The molecule has 1 heterocycles. The fraction of sp³-hybridized carbons (Fsp3) is 0.600. The molecule has 106 valence electrons. The first-order chi connectivity index (χ1) is 9.28. The molecule has 4 heteroatoms. The molecule has 1 aromatic rings. The summed E-state index contributed by atoms with van der Waals surface area (Å²) in [5.41, 5.74) is 3.94. The molecular formula is C15H24N2O2. The molecule has 1 aliphatic rings. The Bertz CT molecular complexity index is 421. The molecule has 0 spiro atoms. The van der Waals surface area contributed by atoms with E-state index in [9.17, 15) is 0 Å². The maximum Gasteiger partial charge on any atom is 0.123 e. The number of benzene rings is 1. The SMILES string of the molecule is CCC1Cc2cc(CNCCO)c(OC)cc2CN1. The largest absolute Gasteiger partial charge is 0.496 e. The van der Waals surface area contributed by atoms with Gasteiger partial charge in [-0.05, 0) is 30.0 Å². The smallest absolute Gasteiger partial charge is 0.123 e. The second-order valence-corrected chi connectivity index (χ2v) is 5.02. The van der Waals surface area contributed by atoms with Crippen molar-refractivity contribution in [2.45, 2.75) is 38.9 Å². The van der Waals surface area contributed by atoms with E-state index in [0.29, 0.717) is 12.6 Å². The van der Waals surface area contributed by atoms with E-state index in [-0.39, 0.29) is 6.61 Å². The van der Waals surface area contributed by atoms with Gasteiger partial charge in [-0.15, -0.1) is 0 Å². The van der Waals surface area contributed by atoms with Crippen molar-refractivity contribution in [3.8, 4) is 5.75 Å². The van der Waals surface area contributed by atoms with E-state index in [4.69, 9.17) is 9.84 Å². The van der Waals surface area contributed by atoms with E-state index in [1.54, 1.807) is 7.11 Å². The van der Waals surface area contributed by atoms with Gasteiger partial charge < -0.3 is 20.5 Å². The maximum absolute atomic E-state index is 8.83. The fourth-order valence-electron chi connectivity index (χ4n) is 2.58. The standard InChI is InChI=1S/C15H24N2O2/c1-3-14-7-11-6-13(9-16-4-5-18)15(19-2)8-12(11)10-17-14/h6,8,14,16-18H,3-5,7,9-10H2,1-2H3. The molecule has 0 amide bonds. The fourth-order valence-corrected chi connectivity index (χ4v) is 2.58. The van der Waals surface area contributed by atoms with Crippen LogP contribution >= 0.6 is 0 Å². The van der Waals surface area contributed by atoms with E-state index in [1.807, 2.05) is 0 Å². The second kappa shape index (κ2) is 6.89. The molecule has 1 atom stereocenters. The summed E-state index contributed by atoms with van der Waals surface area (Å²) in [4.78, 5) is 0. The molecular weight excluding hydrogens is 240 g/mol. The summed E-state index contributed by atoms with van der Waals surface area (Å²) in [7, 11) is 1.71. The molecule has 0 radical (unpaired) electrons. The minimum atomic E-state index is 0.162. The van der Waals surface area contributed by atoms with E-state index >= 15 is 0 Å². The number of aliphatic hydroxyl groups is 1. The van der Waals surface area contributed by atoms with E-state index < -0.39 is 0 Å². The predicted molar refractivity (Wildman–Crippen MR) is 76.4 cm³/mol. The molecule has 0 aliphatic carbocycles. The molecule has 2 rings (SSSR count). The van der Waals surface area contributed by atoms with Crippen LogP contribution < -0.4 is 15.4 Å². The first-order valence-electron chi connectivity index (χ1n) is 7.02. The van der Waals surface area contributed by atoms with Gasteiger partial charge in [-0.2, -0.15) is 0 Å². The topological polar surface area (TPSA) is 53.5 Å². The Morgan fingerprint density at radius 3 is 2.95 bits per heavy atom. The number of methoxy groups -OCH3 is 1. The molecule has 1 unspecified atom stereocenters. The van der Waals surface area contributed by atoms with Gasteiger partial charge in [0.1, 0.15) is 5.75 Å². The monoisotopic (exact) mass is 264 g/mol. The van der Waals surface area contributed by atoms with Crippen molar-refractivity contribution in [3.05, 3.63) is 28.8 Å². The van der Waals surface area contributed by atoms with Crippen LogP contribution in [0.15, 0.2) is 12.1 Å². The molecule has 0 fully saturated rings. The Morgan fingerprint density at radius 2 is 2.26 bits per heavy atom. The third kappa shape index (κ3) is 3.47. The predicted octanol–water partition coefficient (Wildman–Crippen LogP) is 1.20. The van der Waals surface area contributed by atoms with E-state index in [1.165, 1.54) is 16.7 Å². The Labute approximate surface area is 115 Å². The highest BCUT2D eigenvalue weighted by Gasteiger charge is 2.18. The van der Waals surface area contributed by atoms with Crippen molar-refractivity contribution in [1.29, 1.82) is 0 Å². The van der Waals surface area contributed by atoms with Crippen molar-refractivity contribution in [2.75, 3.05) is 20.3 Å². The van der Waals surface area contributed by atoms with Crippen molar-refractivity contribution < 1.29 is 9.84 Å². The molecule has 0 saturated carbocycles. The highest BCUT2D eigenvalue weighted by atomic mass is 16.5. The number of hydrogen-bond donors (Lipinski definition) is 3. The van der Waals surface area contributed by atoms with Gasteiger partial charge in [0.2, 0.25) is 0 Å². The van der Waals surface area contributed by atoms with Crippen molar-refractivity contribution >= 4 is 0 Å². The number of ether oxygens (including phenoxy) is 1. The van der Waals surface area contributed by atoms with Gasteiger partial charge in [-0.3, -0.25) is 0 Å². The summed E-state index contributed by atoms with van der Waals surface area (Å²) in [6.07, 6.45) is 2.24. The normalized spacial score (nSPS) is 18.2. The average Bonchev–Trinajstić information content (AvgIpc) is 2.46. The molecule has 3 N–H and O–H groups in total. The van der Waals surface area contributed by atoms with Crippen molar-refractivity contribution in [2.24, 2.45) is 0 Å². The van der Waals surface area contributed by atoms with Crippen molar-refractivity contribution in [1.82, 2.24) is 10.6 Å². The van der Waals surface area contributed by atoms with Gasteiger partial charge in [-0.1, -0.05) is 13.0 Å². The van der Waals surface area contributed by atoms with Gasteiger partial charge in [0.25, 0.3) is 0 Å². The third-order valence-electron chi connectivity index (χ3n) is 3.75. The van der Waals surface area contributed by atoms with Gasteiger partial charge in [0, 0.05) is 31.2 Å². The molecule has 19 heavy (non-hydrogen) atoms.